The van der Waals surface area contributed by atoms with Crippen molar-refractivity contribution in [3.63, 3.8) is 0 Å². The third kappa shape index (κ3) is 1.99. The third-order valence-corrected chi connectivity index (χ3v) is 3.79. The summed E-state index contributed by atoms with van der Waals surface area (Å²) >= 11 is 0. The molecule has 2 aromatic heterocycles. The number of oxazole rings is 1. The first-order chi connectivity index (χ1) is 10.2. The molecule has 0 N–H and O–H groups in total. The number of aromatic nitrogens is 3. The summed E-state index contributed by atoms with van der Waals surface area (Å²) in [5.41, 5.74) is 3.46. The molecule has 1 aromatic carbocycles. The summed E-state index contributed by atoms with van der Waals surface area (Å²) in [6, 6.07) is 9.95. The average Bonchev–Trinajstić information content (AvgIpc) is 2.92. The van der Waals surface area contributed by atoms with Crippen molar-refractivity contribution in [1.29, 1.82) is 0 Å². The topological polar surface area (TPSA) is 64.2 Å². The zero-order chi connectivity index (χ0) is 14.4. The Morgan fingerprint density at radius 3 is 3.00 bits per heavy atom. The minimum Gasteiger partial charge on any atom is -0.423 e. The Bertz CT molecular complexity index is 848. The van der Waals surface area contributed by atoms with E-state index in [0.29, 0.717) is 12.6 Å². The molecule has 6 heteroatoms. The van der Waals surface area contributed by atoms with Gasteiger partial charge in [0, 0.05) is 38.2 Å². The van der Waals surface area contributed by atoms with Crippen LogP contribution in [-0.4, -0.2) is 21.3 Å². The third-order valence-electron chi connectivity index (χ3n) is 3.79. The minimum absolute atomic E-state index is 0.0897. The van der Waals surface area contributed by atoms with Crippen molar-refractivity contribution in [2.24, 2.45) is 7.05 Å². The zero-order valence-corrected chi connectivity index (χ0v) is 11.6. The van der Waals surface area contributed by atoms with Gasteiger partial charge in [-0.15, -0.1) is 0 Å². The molecule has 0 amide bonds. The molecule has 21 heavy (non-hydrogen) atoms. The Balaban J connectivity index is 1.71. The molecule has 106 valence electrons. The summed E-state index contributed by atoms with van der Waals surface area (Å²) in [6.45, 7) is 1.39. The molecule has 4 rings (SSSR count). The molecule has 3 aromatic rings. The fraction of sp³-hybridized carbons (Fsp3) is 0.267. The van der Waals surface area contributed by atoms with Crippen molar-refractivity contribution >= 4 is 17.1 Å². The number of benzene rings is 1. The number of hydrogen-bond donors (Lipinski definition) is 0. The highest BCUT2D eigenvalue weighted by Gasteiger charge is 2.22. The van der Waals surface area contributed by atoms with E-state index < -0.39 is 0 Å². The van der Waals surface area contributed by atoms with E-state index in [4.69, 9.17) is 4.42 Å². The van der Waals surface area contributed by atoms with Gasteiger partial charge in [0.2, 0.25) is 0 Å². The fourth-order valence-corrected chi connectivity index (χ4v) is 2.65. The number of rotatable bonds is 1. The predicted molar refractivity (Wildman–Crippen MR) is 78.2 cm³/mol. The quantitative estimate of drug-likeness (QED) is 0.676. The lowest BCUT2D eigenvalue weighted by molar-refractivity contribution is 0.542. The van der Waals surface area contributed by atoms with Crippen LogP contribution in [0.4, 0.5) is 6.01 Å². The second kappa shape index (κ2) is 4.44. The molecular formula is C15H14N4O2. The van der Waals surface area contributed by atoms with Crippen LogP contribution in [0.15, 0.2) is 39.5 Å². The van der Waals surface area contributed by atoms with Gasteiger partial charge in [-0.1, -0.05) is 12.1 Å². The molecule has 0 unspecified atom stereocenters. The van der Waals surface area contributed by atoms with Gasteiger partial charge < -0.3 is 9.32 Å². The van der Waals surface area contributed by atoms with E-state index in [1.807, 2.05) is 29.2 Å². The summed E-state index contributed by atoms with van der Waals surface area (Å²) in [5, 5.41) is 4.31. The molecule has 0 aliphatic carbocycles. The molecule has 0 spiro atoms. The summed E-state index contributed by atoms with van der Waals surface area (Å²) in [5.74, 6) is 0. The van der Waals surface area contributed by atoms with E-state index in [0.717, 1.165) is 35.3 Å². The van der Waals surface area contributed by atoms with E-state index in [-0.39, 0.29) is 5.56 Å². The Kier molecular flexibility index (Phi) is 2.57. The number of fused-ring (bicyclic) bond motifs is 2. The molecule has 1 aliphatic rings. The first-order valence-corrected chi connectivity index (χ1v) is 6.87. The van der Waals surface area contributed by atoms with Gasteiger partial charge in [0.05, 0.1) is 5.69 Å². The van der Waals surface area contributed by atoms with Crippen molar-refractivity contribution in [2.75, 3.05) is 11.4 Å². The van der Waals surface area contributed by atoms with Gasteiger partial charge in [0.15, 0.2) is 5.58 Å². The molecule has 0 fully saturated rings. The zero-order valence-electron chi connectivity index (χ0n) is 11.6. The SMILES string of the molecule is Cn1nc2c(cc1=O)CN(c1nc3ccccc3o1)CC2. The van der Waals surface area contributed by atoms with E-state index in [2.05, 4.69) is 10.1 Å². The lowest BCUT2D eigenvalue weighted by Crippen LogP contribution is -2.34. The van der Waals surface area contributed by atoms with E-state index in [9.17, 15) is 4.79 Å². The molecule has 1 aliphatic heterocycles. The Labute approximate surface area is 120 Å². The summed E-state index contributed by atoms with van der Waals surface area (Å²) in [6.07, 6.45) is 0.780. The number of nitrogens with zero attached hydrogens (tertiary/aromatic N) is 4. The Morgan fingerprint density at radius 2 is 2.14 bits per heavy atom. The lowest BCUT2D eigenvalue weighted by Gasteiger charge is -2.26. The minimum atomic E-state index is -0.0897. The number of hydrogen-bond acceptors (Lipinski definition) is 5. The molecule has 0 saturated heterocycles. The summed E-state index contributed by atoms with van der Waals surface area (Å²) in [4.78, 5) is 18.3. The van der Waals surface area contributed by atoms with Crippen LogP contribution in [-0.2, 0) is 20.0 Å². The van der Waals surface area contributed by atoms with Gasteiger partial charge in [-0.05, 0) is 12.1 Å². The van der Waals surface area contributed by atoms with Gasteiger partial charge in [0.1, 0.15) is 5.52 Å². The van der Waals surface area contributed by atoms with Crippen LogP contribution in [0.3, 0.4) is 0 Å². The van der Waals surface area contributed by atoms with Crippen molar-refractivity contribution in [2.45, 2.75) is 13.0 Å². The molecule has 3 heterocycles. The van der Waals surface area contributed by atoms with Crippen LogP contribution in [0.1, 0.15) is 11.3 Å². The number of anilines is 1. The van der Waals surface area contributed by atoms with Gasteiger partial charge in [0.25, 0.3) is 11.6 Å². The van der Waals surface area contributed by atoms with E-state index in [1.54, 1.807) is 13.1 Å². The number of aryl methyl sites for hydroxylation is 1. The van der Waals surface area contributed by atoms with Crippen LogP contribution in [0, 0.1) is 0 Å². The first-order valence-electron chi connectivity index (χ1n) is 6.87. The van der Waals surface area contributed by atoms with Crippen LogP contribution in [0.2, 0.25) is 0 Å². The van der Waals surface area contributed by atoms with Gasteiger partial charge in [-0.25, -0.2) is 4.68 Å². The maximum Gasteiger partial charge on any atom is 0.298 e. The monoisotopic (exact) mass is 282 g/mol. The molecule has 6 nitrogen and oxygen atoms in total. The highest BCUT2D eigenvalue weighted by Crippen LogP contribution is 2.25. The van der Waals surface area contributed by atoms with E-state index >= 15 is 0 Å². The average molecular weight is 282 g/mol. The summed E-state index contributed by atoms with van der Waals surface area (Å²) in [7, 11) is 1.68. The van der Waals surface area contributed by atoms with Crippen molar-refractivity contribution < 1.29 is 4.42 Å². The number of para-hydroxylation sites is 2. The van der Waals surface area contributed by atoms with Gasteiger partial charge >= 0.3 is 0 Å². The second-order valence-electron chi connectivity index (χ2n) is 5.21. The normalized spacial score (nSPS) is 14.4. The molecule has 0 bridgehead atoms. The predicted octanol–water partition coefficient (Wildman–Crippen LogP) is 1.48. The fourth-order valence-electron chi connectivity index (χ4n) is 2.65. The molecule has 0 atom stereocenters. The van der Waals surface area contributed by atoms with Crippen molar-refractivity contribution in [3.8, 4) is 0 Å². The van der Waals surface area contributed by atoms with Crippen LogP contribution in [0.5, 0.6) is 0 Å². The highest BCUT2D eigenvalue weighted by molar-refractivity contribution is 5.74. The smallest absolute Gasteiger partial charge is 0.298 e. The molecular weight excluding hydrogens is 268 g/mol. The van der Waals surface area contributed by atoms with Crippen LogP contribution in [0.25, 0.3) is 11.1 Å². The van der Waals surface area contributed by atoms with E-state index in [1.165, 1.54) is 4.68 Å². The Hall–Kier alpha value is -2.63. The standard InChI is InChI=1S/C15H14N4O2/c1-18-14(20)8-10-9-19(7-6-11(10)17-18)15-16-12-4-2-3-5-13(12)21-15/h2-5,8H,6-7,9H2,1H3. The second-order valence-corrected chi connectivity index (χ2v) is 5.21. The highest BCUT2D eigenvalue weighted by atomic mass is 16.4. The lowest BCUT2D eigenvalue weighted by atomic mass is 10.1. The van der Waals surface area contributed by atoms with Crippen molar-refractivity contribution in [3.05, 3.63) is 51.9 Å². The van der Waals surface area contributed by atoms with Crippen LogP contribution >= 0.6 is 0 Å². The maximum absolute atomic E-state index is 11.7. The van der Waals surface area contributed by atoms with Crippen LogP contribution < -0.4 is 10.5 Å². The van der Waals surface area contributed by atoms with Gasteiger partial charge in [-0.2, -0.15) is 10.1 Å². The maximum atomic E-state index is 11.7. The van der Waals surface area contributed by atoms with Crippen molar-refractivity contribution in [1.82, 2.24) is 14.8 Å². The summed E-state index contributed by atoms with van der Waals surface area (Å²) < 4.78 is 7.17. The molecule has 0 saturated carbocycles. The first kappa shape index (κ1) is 12.1. The Morgan fingerprint density at radius 1 is 1.29 bits per heavy atom. The largest absolute Gasteiger partial charge is 0.423 e. The van der Waals surface area contributed by atoms with Gasteiger partial charge in [-0.3, -0.25) is 4.79 Å². The molecule has 0 radical (unpaired) electrons.